The summed E-state index contributed by atoms with van der Waals surface area (Å²) < 4.78 is 0. The number of carbonyl (C=O) groups excluding carboxylic acids is 1. The van der Waals surface area contributed by atoms with E-state index < -0.39 is 0 Å². The number of aromatic nitrogens is 4. The molecule has 2 heterocycles. The Morgan fingerprint density at radius 2 is 1.72 bits per heavy atom. The van der Waals surface area contributed by atoms with Gasteiger partial charge in [0, 0.05) is 5.56 Å². The summed E-state index contributed by atoms with van der Waals surface area (Å²) in [5.74, 6) is 0.391. The molecule has 122 valence electrons. The molecular formula is C19H14N4OS. The van der Waals surface area contributed by atoms with Crippen molar-refractivity contribution in [2.75, 3.05) is 5.75 Å². The zero-order valence-electron chi connectivity index (χ0n) is 13.2. The molecule has 0 aliphatic carbocycles. The molecule has 4 rings (SSSR count). The van der Waals surface area contributed by atoms with Crippen LogP contribution in [0.25, 0.3) is 22.2 Å². The Bertz CT molecular complexity index is 1010. The maximum atomic E-state index is 12.5. The standard InChI is InChI=1S/C19H14N4OS/c24-17(11-25-19-16-10-22-23-18(16)20-12-21-19)15-8-6-14(7-9-15)13-4-2-1-3-5-13/h1-10,12H,11H2,(H,20,21,22,23). The van der Waals surface area contributed by atoms with Crippen LogP contribution in [0.4, 0.5) is 0 Å². The first-order valence-electron chi connectivity index (χ1n) is 7.77. The maximum absolute atomic E-state index is 12.5. The van der Waals surface area contributed by atoms with Crippen LogP contribution in [-0.4, -0.2) is 31.7 Å². The number of fused-ring (bicyclic) bond motifs is 1. The number of ketones is 1. The van der Waals surface area contributed by atoms with E-state index in [1.54, 1.807) is 6.20 Å². The molecule has 0 radical (unpaired) electrons. The molecule has 0 spiro atoms. The second-order valence-electron chi connectivity index (χ2n) is 5.47. The summed E-state index contributed by atoms with van der Waals surface area (Å²) in [6, 6.07) is 17.8. The van der Waals surface area contributed by atoms with Crippen LogP contribution in [0, 0.1) is 0 Å². The molecule has 0 aliphatic rings. The fourth-order valence-corrected chi connectivity index (χ4v) is 3.42. The number of thioether (sulfide) groups is 1. The highest BCUT2D eigenvalue weighted by molar-refractivity contribution is 8.00. The molecule has 2 aromatic heterocycles. The summed E-state index contributed by atoms with van der Waals surface area (Å²) in [4.78, 5) is 20.8. The van der Waals surface area contributed by atoms with Gasteiger partial charge in [-0.1, -0.05) is 66.4 Å². The second-order valence-corrected chi connectivity index (χ2v) is 6.43. The third-order valence-corrected chi connectivity index (χ3v) is 4.87. The Kier molecular flexibility index (Phi) is 4.26. The van der Waals surface area contributed by atoms with Gasteiger partial charge >= 0.3 is 0 Å². The van der Waals surface area contributed by atoms with Crippen molar-refractivity contribution >= 4 is 28.6 Å². The van der Waals surface area contributed by atoms with E-state index in [4.69, 9.17) is 0 Å². The highest BCUT2D eigenvalue weighted by Crippen LogP contribution is 2.24. The van der Waals surface area contributed by atoms with Crippen molar-refractivity contribution in [3.63, 3.8) is 0 Å². The fourth-order valence-electron chi connectivity index (χ4n) is 2.55. The quantitative estimate of drug-likeness (QED) is 0.336. The fraction of sp³-hybridized carbons (Fsp3) is 0.0526. The SMILES string of the molecule is O=C(CSc1ncnc2[nH]ncc12)c1ccc(-c2ccccc2)cc1. The first kappa shape index (κ1) is 15.5. The van der Waals surface area contributed by atoms with Gasteiger partial charge in [0.2, 0.25) is 0 Å². The molecule has 0 bridgehead atoms. The molecule has 0 amide bonds. The maximum Gasteiger partial charge on any atom is 0.173 e. The molecule has 2 aromatic carbocycles. The Hall–Kier alpha value is -2.99. The van der Waals surface area contributed by atoms with Crippen molar-refractivity contribution in [2.24, 2.45) is 0 Å². The van der Waals surface area contributed by atoms with Gasteiger partial charge in [0.05, 0.1) is 17.3 Å². The molecule has 6 heteroatoms. The Labute approximate surface area is 148 Å². The molecular weight excluding hydrogens is 332 g/mol. The van der Waals surface area contributed by atoms with Gasteiger partial charge in [0.25, 0.3) is 0 Å². The molecule has 25 heavy (non-hydrogen) atoms. The second kappa shape index (κ2) is 6.86. The number of carbonyl (C=O) groups is 1. The lowest BCUT2D eigenvalue weighted by molar-refractivity contribution is 0.102. The van der Waals surface area contributed by atoms with E-state index in [-0.39, 0.29) is 5.78 Å². The highest BCUT2D eigenvalue weighted by Gasteiger charge is 2.11. The number of nitrogens with one attached hydrogen (secondary N) is 1. The predicted molar refractivity (Wildman–Crippen MR) is 98.6 cm³/mol. The number of nitrogens with zero attached hydrogens (tertiary/aromatic N) is 3. The van der Waals surface area contributed by atoms with E-state index in [0.29, 0.717) is 17.0 Å². The van der Waals surface area contributed by atoms with Gasteiger partial charge in [0.15, 0.2) is 11.4 Å². The van der Waals surface area contributed by atoms with E-state index in [0.717, 1.165) is 21.5 Å². The highest BCUT2D eigenvalue weighted by atomic mass is 32.2. The van der Waals surface area contributed by atoms with Crippen LogP contribution >= 0.6 is 11.8 Å². The molecule has 1 N–H and O–H groups in total. The molecule has 0 unspecified atom stereocenters. The summed E-state index contributed by atoms with van der Waals surface area (Å²) in [5, 5.41) is 8.35. The average molecular weight is 346 g/mol. The summed E-state index contributed by atoms with van der Waals surface area (Å²) in [5.41, 5.74) is 3.61. The summed E-state index contributed by atoms with van der Waals surface area (Å²) in [7, 11) is 0. The largest absolute Gasteiger partial charge is 0.293 e. The molecule has 0 saturated heterocycles. The van der Waals surface area contributed by atoms with Gasteiger partial charge in [-0.05, 0) is 11.1 Å². The van der Waals surface area contributed by atoms with Gasteiger partial charge in [-0.3, -0.25) is 9.89 Å². The normalized spacial score (nSPS) is 10.9. The number of benzene rings is 2. The van der Waals surface area contributed by atoms with Gasteiger partial charge in [-0.15, -0.1) is 0 Å². The van der Waals surface area contributed by atoms with Gasteiger partial charge in [-0.2, -0.15) is 5.10 Å². The summed E-state index contributed by atoms with van der Waals surface area (Å²) in [6.45, 7) is 0. The number of hydrogen-bond acceptors (Lipinski definition) is 5. The van der Waals surface area contributed by atoms with E-state index >= 15 is 0 Å². The van der Waals surface area contributed by atoms with Crippen LogP contribution in [0.3, 0.4) is 0 Å². The molecule has 4 aromatic rings. The van der Waals surface area contributed by atoms with Crippen LogP contribution in [0.5, 0.6) is 0 Å². The summed E-state index contributed by atoms with van der Waals surface area (Å²) >= 11 is 1.40. The van der Waals surface area contributed by atoms with Gasteiger partial charge < -0.3 is 0 Å². The van der Waals surface area contributed by atoms with Crippen molar-refractivity contribution in [2.45, 2.75) is 5.03 Å². The number of Topliss-reactive ketones (excluding diaryl/α,β-unsaturated/α-hetero) is 1. The van der Waals surface area contributed by atoms with E-state index in [1.165, 1.54) is 18.1 Å². The monoisotopic (exact) mass is 346 g/mol. The summed E-state index contributed by atoms with van der Waals surface area (Å²) in [6.07, 6.45) is 3.15. The first-order chi connectivity index (χ1) is 12.3. The average Bonchev–Trinajstić information content (AvgIpc) is 3.16. The van der Waals surface area contributed by atoms with Crippen LogP contribution in [-0.2, 0) is 0 Å². The zero-order valence-corrected chi connectivity index (χ0v) is 14.0. The molecule has 0 saturated carbocycles. The van der Waals surface area contributed by atoms with Crippen molar-refractivity contribution in [3.8, 4) is 11.1 Å². The Morgan fingerprint density at radius 3 is 2.52 bits per heavy atom. The van der Waals surface area contributed by atoms with Crippen molar-refractivity contribution in [1.29, 1.82) is 0 Å². The zero-order chi connectivity index (χ0) is 17.1. The first-order valence-corrected chi connectivity index (χ1v) is 8.75. The van der Waals surface area contributed by atoms with Crippen LogP contribution in [0.15, 0.2) is 72.1 Å². The van der Waals surface area contributed by atoms with Crippen LogP contribution < -0.4 is 0 Å². The molecule has 5 nitrogen and oxygen atoms in total. The lowest BCUT2D eigenvalue weighted by atomic mass is 10.0. The third kappa shape index (κ3) is 3.29. The molecule has 0 aliphatic heterocycles. The number of rotatable bonds is 5. The minimum atomic E-state index is 0.0693. The minimum Gasteiger partial charge on any atom is -0.293 e. The number of aromatic amines is 1. The van der Waals surface area contributed by atoms with Crippen molar-refractivity contribution in [1.82, 2.24) is 20.2 Å². The number of H-pyrrole nitrogens is 1. The smallest absolute Gasteiger partial charge is 0.173 e. The Morgan fingerprint density at radius 1 is 0.960 bits per heavy atom. The van der Waals surface area contributed by atoms with Crippen molar-refractivity contribution in [3.05, 3.63) is 72.7 Å². The Balaban J connectivity index is 1.47. The van der Waals surface area contributed by atoms with Crippen LogP contribution in [0.2, 0.25) is 0 Å². The third-order valence-electron chi connectivity index (χ3n) is 3.87. The van der Waals surface area contributed by atoms with Crippen LogP contribution in [0.1, 0.15) is 10.4 Å². The lowest BCUT2D eigenvalue weighted by Crippen LogP contribution is -2.02. The van der Waals surface area contributed by atoms with Gasteiger partial charge in [-0.25, -0.2) is 9.97 Å². The molecule has 0 atom stereocenters. The molecule has 0 fully saturated rings. The predicted octanol–water partition coefficient (Wildman–Crippen LogP) is 3.99. The van der Waals surface area contributed by atoms with Gasteiger partial charge in [0.1, 0.15) is 11.4 Å². The van der Waals surface area contributed by atoms with E-state index in [9.17, 15) is 4.79 Å². The number of hydrogen-bond donors (Lipinski definition) is 1. The lowest BCUT2D eigenvalue weighted by Gasteiger charge is -2.04. The minimum absolute atomic E-state index is 0.0693. The van der Waals surface area contributed by atoms with E-state index in [2.05, 4.69) is 32.3 Å². The van der Waals surface area contributed by atoms with Crippen molar-refractivity contribution < 1.29 is 4.79 Å². The van der Waals surface area contributed by atoms with E-state index in [1.807, 2.05) is 42.5 Å². The topological polar surface area (TPSA) is 71.5 Å².